The average Bonchev–Trinajstić information content (AvgIpc) is 2.41. The van der Waals surface area contributed by atoms with Crippen LogP contribution in [0.25, 0.3) is 0 Å². The SMILES string of the molecule is CC1(C)[C@H]2C[C@H]3C(=CC[C@H]4C(=O)C=CC(=O)[C@H]43)[C@@H]1C2. The molecule has 0 heterocycles. The molecular formula is C17H20O2. The molecule has 5 aliphatic rings. The van der Waals surface area contributed by atoms with Gasteiger partial charge in [0.1, 0.15) is 0 Å². The topological polar surface area (TPSA) is 34.1 Å². The standard InChI is InChI=1S/C17H20O2/c1-17(2)9-7-12-10(13(17)8-9)3-4-11-14(18)5-6-15(19)16(11)12/h3,5-6,9,11-13,16H,4,7-8H2,1-2H3/t9-,11-,12-,13-,16+/m0/s1. The van der Waals surface area contributed by atoms with Gasteiger partial charge >= 0.3 is 0 Å². The molecule has 5 rings (SSSR count). The molecule has 3 saturated carbocycles. The lowest BCUT2D eigenvalue weighted by molar-refractivity contribution is -0.135. The lowest BCUT2D eigenvalue weighted by Crippen LogP contribution is -2.56. The van der Waals surface area contributed by atoms with Gasteiger partial charge in [-0.3, -0.25) is 9.59 Å². The van der Waals surface area contributed by atoms with Crippen LogP contribution >= 0.6 is 0 Å². The fourth-order valence-corrected chi connectivity index (χ4v) is 5.11. The second kappa shape index (κ2) is 3.47. The van der Waals surface area contributed by atoms with E-state index in [1.807, 2.05) is 0 Å². The zero-order valence-corrected chi connectivity index (χ0v) is 11.6. The van der Waals surface area contributed by atoms with Crippen LogP contribution in [-0.4, -0.2) is 11.6 Å². The van der Waals surface area contributed by atoms with Gasteiger partial charge in [-0.05, 0) is 54.6 Å². The molecule has 0 aromatic rings. The minimum atomic E-state index is -0.0631. The Morgan fingerprint density at radius 1 is 1.05 bits per heavy atom. The van der Waals surface area contributed by atoms with Crippen molar-refractivity contribution in [2.45, 2.75) is 33.1 Å². The van der Waals surface area contributed by atoms with Crippen LogP contribution in [0.5, 0.6) is 0 Å². The van der Waals surface area contributed by atoms with E-state index in [0.29, 0.717) is 17.3 Å². The van der Waals surface area contributed by atoms with Gasteiger partial charge in [-0.15, -0.1) is 0 Å². The number of allylic oxidation sites excluding steroid dienone is 4. The largest absolute Gasteiger partial charge is 0.295 e. The summed E-state index contributed by atoms with van der Waals surface area (Å²) in [5, 5.41) is 0. The number of carbonyl (C=O) groups excluding carboxylic acids is 2. The molecule has 2 nitrogen and oxygen atoms in total. The Bertz CT molecular complexity index is 537. The summed E-state index contributed by atoms with van der Waals surface area (Å²) in [4.78, 5) is 24.2. The van der Waals surface area contributed by atoms with Gasteiger partial charge in [0, 0.05) is 11.8 Å². The molecule has 2 heteroatoms. The van der Waals surface area contributed by atoms with Gasteiger partial charge in [-0.2, -0.15) is 0 Å². The molecular weight excluding hydrogens is 236 g/mol. The van der Waals surface area contributed by atoms with Crippen LogP contribution in [0.15, 0.2) is 23.8 Å². The maximum Gasteiger partial charge on any atom is 0.160 e. The molecule has 0 aromatic heterocycles. The van der Waals surface area contributed by atoms with Crippen molar-refractivity contribution in [3.05, 3.63) is 23.8 Å². The van der Waals surface area contributed by atoms with E-state index in [0.717, 1.165) is 18.8 Å². The maximum atomic E-state index is 12.2. The zero-order chi connectivity index (χ0) is 13.4. The Labute approximate surface area is 113 Å². The van der Waals surface area contributed by atoms with Gasteiger partial charge in [0.15, 0.2) is 11.6 Å². The quantitative estimate of drug-likeness (QED) is 0.624. The first kappa shape index (κ1) is 11.6. The molecule has 0 amide bonds. The van der Waals surface area contributed by atoms with Crippen molar-refractivity contribution in [2.75, 3.05) is 0 Å². The fourth-order valence-electron chi connectivity index (χ4n) is 5.11. The summed E-state index contributed by atoms with van der Waals surface area (Å²) in [5.41, 5.74) is 1.91. The molecule has 0 N–H and O–H groups in total. The van der Waals surface area contributed by atoms with Crippen molar-refractivity contribution < 1.29 is 9.59 Å². The highest BCUT2D eigenvalue weighted by Gasteiger charge is 2.59. The predicted molar refractivity (Wildman–Crippen MR) is 72.3 cm³/mol. The molecule has 2 bridgehead atoms. The monoisotopic (exact) mass is 256 g/mol. The Morgan fingerprint density at radius 2 is 1.79 bits per heavy atom. The number of hydrogen-bond donors (Lipinski definition) is 0. The summed E-state index contributed by atoms with van der Waals surface area (Å²) >= 11 is 0. The number of rotatable bonds is 0. The fraction of sp³-hybridized carbons (Fsp3) is 0.647. The van der Waals surface area contributed by atoms with E-state index in [-0.39, 0.29) is 23.4 Å². The molecule has 0 aromatic carbocycles. The van der Waals surface area contributed by atoms with Crippen LogP contribution in [-0.2, 0) is 9.59 Å². The molecule has 100 valence electrons. The van der Waals surface area contributed by atoms with Crippen LogP contribution in [0.3, 0.4) is 0 Å². The Hall–Kier alpha value is -1.18. The molecule has 5 aliphatic carbocycles. The molecule has 0 aliphatic heterocycles. The summed E-state index contributed by atoms with van der Waals surface area (Å²) in [6.45, 7) is 4.73. The van der Waals surface area contributed by atoms with E-state index >= 15 is 0 Å². The number of ketones is 2. The number of carbonyl (C=O) groups is 2. The van der Waals surface area contributed by atoms with Gasteiger partial charge in [0.25, 0.3) is 0 Å². The molecule has 0 unspecified atom stereocenters. The second-order valence-corrected chi connectivity index (χ2v) is 7.36. The first-order chi connectivity index (χ1) is 9.00. The van der Waals surface area contributed by atoms with Crippen molar-refractivity contribution in [1.29, 1.82) is 0 Å². The highest BCUT2D eigenvalue weighted by molar-refractivity contribution is 6.07. The van der Waals surface area contributed by atoms with Crippen LogP contribution in [0.1, 0.15) is 33.1 Å². The van der Waals surface area contributed by atoms with Crippen molar-refractivity contribution in [3.8, 4) is 0 Å². The lowest BCUT2D eigenvalue weighted by Gasteiger charge is -2.62. The van der Waals surface area contributed by atoms with E-state index in [9.17, 15) is 9.59 Å². The van der Waals surface area contributed by atoms with E-state index in [4.69, 9.17) is 0 Å². The Balaban J connectivity index is 1.75. The minimum Gasteiger partial charge on any atom is -0.295 e. The van der Waals surface area contributed by atoms with Gasteiger partial charge in [-0.25, -0.2) is 0 Å². The van der Waals surface area contributed by atoms with Gasteiger partial charge < -0.3 is 0 Å². The highest BCUT2D eigenvalue weighted by Crippen LogP contribution is 2.65. The molecule has 5 atom stereocenters. The summed E-state index contributed by atoms with van der Waals surface area (Å²) in [6.07, 6.45) is 8.52. The lowest BCUT2D eigenvalue weighted by atomic mass is 9.42. The Morgan fingerprint density at radius 3 is 2.53 bits per heavy atom. The first-order valence-electron chi connectivity index (χ1n) is 7.46. The summed E-state index contributed by atoms with van der Waals surface area (Å²) in [5.74, 6) is 2.01. The Kier molecular flexibility index (Phi) is 2.13. The number of fused-ring (bicyclic) bond motifs is 1. The predicted octanol–water partition coefficient (Wildman–Crippen LogP) is 2.94. The van der Waals surface area contributed by atoms with Crippen LogP contribution in [0.2, 0.25) is 0 Å². The van der Waals surface area contributed by atoms with Crippen LogP contribution in [0.4, 0.5) is 0 Å². The third-order valence-electron chi connectivity index (χ3n) is 6.42. The molecule has 0 spiro atoms. The van der Waals surface area contributed by atoms with Crippen LogP contribution < -0.4 is 0 Å². The normalized spacial score (nSPS) is 46.0. The zero-order valence-electron chi connectivity index (χ0n) is 11.6. The maximum absolute atomic E-state index is 12.2. The third-order valence-corrected chi connectivity index (χ3v) is 6.42. The van der Waals surface area contributed by atoms with Crippen LogP contribution in [0, 0.1) is 35.0 Å². The summed E-state index contributed by atoms with van der Waals surface area (Å²) in [6, 6.07) is 0. The molecule has 0 radical (unpaired) electrons. The van der Waals surface area contributed by atoms with E-state index in [1.54, 1.807) is 0 Å². The molecule has 19 heavy (non-hydrogen) atoms. The van der Waals surface area contributed by atoms with E-state index in [1.165, 1.54) is 24.1 Å². The van der Waals surface area contributed by atoms with Gasteiger partial charge in [0.05, 0.1) is 0 Å². The van der Waals surface area contributed by atoms with E-state index < -0.39 is 0 Å². The smallest absolute Gasteiger partial charge is 0.160 e. The average molecular weight is 256 g/mol. The highest BCUT2D eigenvalue weighted by atomic mass is 16.1. The van der Waals surface area contributed by atoms with Crippen molar-refractivity contribution in [1.82, 2.24) is 0 Å². The number of hydrogen-bond acceptors (Lipinski definition) is 2. The molecule has 0 saturated heterocycles. The second-order valence-electron chi connectivity index (χ2n) is 7.36. The van der Waals surface area contributed by atoms with Gasteiger partial charge in [-0.1, -0.05) is 25.5 Å². The van der Waals surface area contributed by atoms with Crippen molar-refractivity contribution in [3.63, 3.8) is 0 Å². The third kappa shape index (κ3) is 1.32. The summed E-state index contributed by atoms with van der Waals surface area (Å²) in [7, 11) is 0. The van der Waals surface area contributed by atoms with Crippen molar-refractivity contribution >= 4 is 11.6 Å². The van der Waals surface area contributed by atoms with E-state index in [2.05, 4.69) is 19.9 Å². The minimum absolute atomic E-state index is 0.0427. The molecule has 3 fully saturated rings. The first-order valence-corrected chi connectivity index (χ1v) is 7.46. The summed E-state index contributed by atoms with van der Waals surface area (Å²) < 4.78 is 0. The van der Waals surface area contributed by atoms with Gasteiger partial charge in [0.2, 0.25) is 0 Å². The van der Waals surface area contributed by atoms with Crippen molar-refractivity contribution in [2.24, 2.45) is 35.0 Å².